The number of carbonyl (C=O) groups is 2. The predicted molar refractivity (Wildman–Crippen MR) is 98.3 cm³/mol. The number of hydrogen-bond donors (Lipinski definition) is 2. The number of fused-ring (bicyclic) bond motifs is 1. The first-order valence-electron chi connectivity index (χ1n) is 8.83. The smallest absolute Gasteiger partial charge is 0.254 e. The molecule has 2 aromatic rings. The summed E-state index contributed by atoms with van der Waals surface area (Å²) < 4.78 is 39.7. The molecule has 0 bridgehead atoms. The monoisotopic (exact) mass is 406 g/mol. The van der Waals surface area contributed by atoms with Gasteiger partial charge in [0.15, 0.2) is 23.3 Å². The molecule has 1 saturated heterocycles. The summed E-state index contributed by atoms with van der Waals surface area (Å²) in [6.07, 6.45) is 0. The number of halogens is 3. The average Bonchev–Trinajstić information content (AvgIpc) is 2.62. The summed E-state index contributed by atoms with van der Waals surface area (Å²) in [6.45, 7) is 2.47. The Morgan fingerprint density at radius 2 is 1.86 bits per heavy atom. The molecule has 2 aliphatic rings. The Balaban J connectivity index is 1.43. The molecule has 1 aromatic heterocycles. The topological polar surface area (TPSA) is 90.5 Å². The second kappa shape index (κ2) is 6.90. The molecule has 2 aliphatic heterocycles. The van der Waals surface area contributed by atoms with Crippen LogP contribution in [0.2, 0.25) is 0 Å². The summed E-state index contributed by atoms with van der Waals surface area (Å²) in [7, 11) is 1.75. The zero-order valence-corrected chi connectivity index (χ0v) is 15.6. The van der Waals surface area contributed by atoms with Gasteiger partial charge in [0, 0.05) is 25.7 Å². The Hall–Kier alpha value is -3.37. The fourth-order valence-electron chi connectivity index (χ4n) is 3.29. The van der Waals surface area contributed by atoms with Crippen LogP contribution in [0.4, 0.5) is 30.6 Å². The molecule has 1 aromatic carbocycles. The third kappa shape index (κ3) is 3.43. The highest BCUT2D eigenvalue weighted by molar-refractivity contribution is 6.01. The fraction of sp³-hybridized carbons (Fsp3) is 0.333. The van der Waals surface area contributed by atoms with Crippen molar-refractivity contribution in [1.29, 1.82) is 0 Å². The van der Waals surface area contributed by atoms with E-state index in [1.54, 1.807) is 18.9 Å². The van der Waals surface area contributed by atoms with Crippen LogP contribution in [0.1, 0.15) is 16.1 Å². The van der Waals surface area contributed by atoms with Gasteiger partial charge in [-0.15, -0.1) is 0 Å². The van der Waals surface area contributed by atoms with Crippen molar-refractivity contribution >= 4 is 29.3 Å². The SMILES string of the molecule is Cc1nc(NC2CN(C(=O)c3cc(F)c(F)c(F)c3)C2)nc2c1NC(=O)CN2C. The second-order valence-corrected chi connectivity index (χ2v) is 7.04. The minimum atomic E-state index is -1.61. The molecule has 0 saturated carbocycles. The van der Waals surface area contributed by atoms with Gasteiger partial charge < -0.3 is 20.4 Å². The summed E-state index contributed by atoms with van der Waals surface area (Å²) >= 11 is 0. The maximum atomic E-state index is 13.3. The van der Waals surface area contributed by atoms with Gasteiger partial charge in [-0.2, -0.15) is 4.98 Å². The van der Waals surface area contributed by atoms with Crippen LogP contribution >= 0.6 is 0 Å². The van der Waals surface area contributed by atoms with Gasteiger partial charge in [0.1, 0.15) is 5.69 Å². The van der Waals surface area contributed by atoms with Crippen LogP contribution in [0.15, 0.2) is 12.1 Å². The summed E-state index contributed by atoms with van der Waals surface area (Å²) in [5, 5.41) is 5.85. The molecule has 0 unspecified atom stereocenters. The van der Waals surface area contributed by atoms with Crippen LogP contribution in [0.3, 0.4) is 0 Å². The number of likely N-dealkylation sites (N-methyl/N-ethyl adjacent to an activating group) is 1. The van der Waals surface area contributed by atoms with Gasteiger partial charge >= 0.3 is 0 Å². The third-order valence-electron chi connectivity index (χ3n) is 4.81. The summed E-state index contributed by atoms with van der Waals surface area (Å²) in [4.78, 5) is 35.8. The van der Waals surface area contributed by atoms with Crippen LogP contribution in [-0.2, 0) is 4.79 Å². The van der Waals surface area contributed by atoms with E-state index in [2.05, 4.69) is 20.6 Å². The van der Waals surface area contributed by atoms with E-state index >= 15 is 0 Å². The van der Waals surface area contributed by atoms with Crippen LogP contribution in [0.25, 0.3) is 0 Å². The lowest BCUT2D eigenvalue weighted by atomic mass is 10.1. The van der Waals surface area contributed by atoms with Gasteiger partial charge in [0.25, 0.3) is 5.91 Å². The Labute approximate surface area is 163 Å². The Bertz CT molecular complexity index is 1000. The van der Waals surface area contributed by atoms with Gasteiger partial charge in [0.2, 0.25) is 11.9 Å². The number of aromatic nitrogens is 2. The van der Waals surface area contributed by atoms with E-state index in [0.717, 1.165) is 0 Å². The Morgan fingerprint density at radius 3 is 2.52 bits per heavy atom. The van der Waals surface area contributed by atoms with Crippen molar-refractivity contribution in [3.8, 4) is 0 Å². The zero-order chi connectivity index (χ0) is 20.9. The molecule has 0 aliphatic carbocycles. The van der Waals surface area contributed by atoms with E-state index in [0.29, 0.717) is 35.3 Å². The van der Waals surface area contributed by atoms with E-state index < -0.39 is 23.4 Å². The van der Waals surface area contributed by atoms with Gasteiger partial charge in [-0.25, -0.2) is 18.2 Å². The number of amides is 2. The van der Waals surface area contributed by atoms with Crippen molar-refractivity contribution in [2.45, 2.75) is 13.0 Å². The first-order chi connectivity index (χ1) is 13.7. The summed E-state index contributed by atoms with van der Waals surface area (Å²) in [5.74, 6) is -4.22. The van der Waals surface area contributed by atoms with E-state index in [9.17, 15) is 22.8 Å². The van der Waals surface area contributed by atoms with E-state index in [4.69, 9.17) is 0 Å². The van der Waals surface area contributed by atoms with Crippen molar-refractivity contribution < 1.29 is 22.8 Å². The summed E-state index contributed by atoms with van der Waals surface area (Å²) in [5.41, 5.74) is 0.903. The molecule has 4 rings (SSSR count). The highest BCUT2D eigenvalue weighted by Crippen LogP contribution is 2.30. The van der Waals surface area contributed by atoms with Gasteiger partial charge in [-0.3, -0.25) is 9.59 Å². The van der Waals surface area contributed by atoms with Crippen molar-refractivity contribution in [2.24, 2.45) is 0 Å². The van der Waals surface area contributed by atoms with Crippen LogP contribution in [-0.4, -0.2) is 59.4 Å². The molecule has 0 radical (unpaired) electrons. The van der Waals surface area contributed by atoms with E-state index in [1.165, 1.54) is 4.90 Å². The minimum absolute atomic E-state index is 0.144. The summed E-state index contributed by atoms with van der Waals surface area (Å²) in [6, 6.07) is 1.21. The Kier molecular flexibility index (Phi) is 4.52. The number of benzene rings is 1. The largest absolute Gasteiger partial charge is 0.348 e. The third-order valence-corrected chi connectivity index (χ3v) is 4.81. The molecule has 0 atom stereocenters. The van der Waals surface area contributed by atoms with E-state index in [1.807, 2.05) is 0 Å². The fourth-order valence-corrected chi connectivity index (χ4v) is 3.29. The van der Waals surface area contributed by atoms with Crippen molar-refractivity contribution in [3.05, 3.63) is 40.8 Å². The predicted octanol–water partition coefficient (Wildman–Crippen LogP) is 1.53. The molecule has 2 amide bonds. The first kappa shape index (κ1) is 19.0. The molecule has 3 heterocycles. The van der Waals surface area contributed by atoms with Crippen LogP contribution in [0, 0.1) is 24.4 Å². The molecular weight excluding hydrogens is 389 g/mol. The number of likely N-dealkylation sites (tertiary alicyclic amines) is 1. The number of hydrogen-bond acceptors (Lipinski definition) is 6. The van der Waals surface area contributed by atoms with Crippen LogP contribution < -0.4 is 15.5 Å². The molecule has 1 fully saturated rings. The molecule has 29 heavy (non-hydrogen) atoms. The van der Waals surface area contributed by atoms with Crippen molar-refractivity contribution in [2.75, 3.05) is 42.2 Å². The normalized spacial score (nSPS) is 16.2. The van der Waals surface area contributed by atoms with E-state index in [-0.39, 0.29) is 37.1 Å². The lowest BCUT2D eigenvalue weighted by molar-refractivity contribution is -0.115. The number of carbonyl (C=O) groups excluding carboxylic acids is 2. The number of nitrogens with one attached hydrogen (secondary N) is 2. The molecule has 0 spiro atoms. The van der Waals surface area contributed by atoms with Crippen molar-refractivity contribution in [1.82, 2.24) is 14.9 Å². The zero-order valence-electron chi connectivity index (χ0n) is 15.6. The molecule has 8 nitrogen and oxygen atoms in total. The lowest BCUT2D eigenvalue weighted by Gasteiger charge is -2.39. The average molecular weight is 406 g/mol. The van der Waals surface area contributed by atoms with Gasteiger partial charge in [-0.05, 0) is 19.1 Å². The first-order valence-corrected chi connectivity index (χ1v) is 8.83. The minimum Gasteiger partial charge on any atom is -0.348 e. The van der Waals surface area contributed by atoms with Gasteiger partial charge in [-0.1, -0.05) is 0 Å². The molecule has 2 N–H and O–H groups in total. The number of anilines is 3. The second-order valence-electron chi connectivity index (χ2n) is 7.04. The Morgan fingerprint density at radius 1 is 1.21 bits per heavy atom. The van der Waals surface area contributed by atoms with Crippen LogP contribution in [0.5, 0.6) is 0 Å². The lowest BCUT2D eigenvalue weighted by Crippen LogP contribution is -2.57. The maximum Gasteiger partial charge on any atom is 0.254 e. The van der Waals surface area contributed by atoms with Gasteiger partial charge in [0.05, 0.1) is 18.3 Å². The number of aryl methyl sites for hydroxylation is 1. The standard InChI is InChI=1S/C18H17F3N6O2/c1-8-15-16(26(2)7-13(28)24-15)25-18(22-8)23-10-5-27(6-10)17(29)9-3-11(19)14(21)12(20)4-9/h3-4,10H,5-7H2,1-2H3,(H,24,28)(H,22,23,25). The number of rotatable bonds is 3. The molecule has 152 valence electrons. The molecular formula is C18H17F3N6O2. The quantitative estimate of drug-likeness (QED) is 0.752. The van der Waals surface area contributed by atoms with Crippen molar-refractivity contribution in [3.63, 3.8) is 0 Å². The number of nitrogens with zero attached hydrogens (tertiary/aromatic N) is 4. The molecule has 11 heteroatoms. The highest BCUT2D eigenvalue weighted by atomic mass is 19.2. The highest BCUT2D eigenvalue weighted by Gasteiger charge is 2.33. The maximum absolute atomic E-state index is 13.3.